The van der Waals surface area contributed by atoms with Crippen LogP contribution in [0.5, 0.6) is 0 Å². The Balaban J connectivity index is 0.00000243. The van der Waals surface area contributed by atoms with E-state index in [1.807, 2.05) is 0 Å². The van der Waals surface area contributed by atoms with Gasteiger partial charge in [-0.1, -0.05) is 12.8 Å². The van der Waals surface area contributed by atoms with Crippen molar-refractivity contribution >= 4 is 35.8 Å². The van der Waals surface area contributed by atoms with Gasteiger partial charge in [0.05, 0.1) is 6.10 Å². The molecule has 3 atom stereocenters. The number of rotatable bonds is 4. The van der Waals surface area contributed by atoms with Crippen molar-refractivity contribution in [3.05, 3.63) is 0 Å². The second kappa shape index (κ2) is 10.7. The lowest BCUT2D eigenvalue weighted by Gasteiger charge is -2.27. The Labute approximate surface area is 175 Å². The van der Waals surface area contributed by atoms with E-state index in [0.717, 1.165) is 50.5 Å². The van der Waals surface area contributed by atoms with Gasteiger partial charge in [0.2, 0.25) is 5.91 Å². The molecule has 0 aromatic carbocycles. The summed E-state index contributed by atoms with van der Waals surface area (Å²) in [6.07, 6.45) is 9.22. The fraction of sp³-hybridized carbons (Fsp3) is 0.895. The number of carbonyl (C=O) groups excluding carboxylic acids is 1. The van der Waals surface area contributed by atoms with Crippen molar-refractivity contribution in [1.82, 2.24) is 15.1 Å². The summed E-state index contributed by atoms with van der Waals surface area (Å²) in [5, 5.41) is 3.52. The molecule has 26 heavy (non-hydrogen) atoms. The van der Waals surface area contributed by atoms with E-state index in [2.05, 4.69) is 15.2 Å². The van der Waals surface area contributed by atoms with Gasteiger partial charge >= 0.3 is 0 Å². The number of aliphatic imine (C=N–C) groups is 1. The molecular formula is C19H35IN4O2. The smallest absolute Gasteiger partial charge is 0.243 e. The Hall–Kier alpha value is -0.570. The molecule has 2 saturated heterocycles. The molecule has 0 bridgehead atoms. The van der Waals surface area contributed by atoms with E-state index in [4.69, 9.17) is 4.74 Å². The Morgan fingerprint density at radius 1 is 1.12 bits per heavy atom. The van der Waals surface area contributed by atoms with Crippen molar-refractivity contribution in [2.45, 2.75) is 51.0 Å². The molecule has 0 aromatic heterocycles. The number of amides is 1. The first-order chi connectivity index (χ1) is 12.1. The largest absolute Gasteiger partial charge is 0.376 e. The number of carbonyl (C=O) groups is 1. The molecular weight excluding hydrogens is 443 g/mol. The molecule has 7 heteroatoms. The van der Waals surface area contributed by atoms with Crippen LogP contribution in [0.1, 0.15) is 44.9 Å². The maximum absolute atomic E-state index is 12.0. The number of halogens is 1. The first-order valence-electron chi connectivity index (χ1n) is 9.98. The molecule has 0 spiro atoms. The molecule has 3 rings (SSSR count). The van der Waals surface area contributed by atoms with Crippen LogP contribution in [0.2, 0.25) is 0 Å². The predicted octanol–water partition coefficient (Wildman–Crippen LogP) is 2.33. The topological polar surface area (TPSA) is 57.2 Å². The lowest BCUT2D eigenvalue weighted by Crippen LogP contribution is -2.45. The Morgan fingerprint density at radius 2 is 1.77 bits per heavy atom. The zero-order chi connectivity index (χ0) is 17.6. The van der Waals surface area contributed by atoms with Gasteiger partial charge in [-0.15, -0.1) is 24.0 Å². The van der Waals surface area contributed by atoms with E-state index < -0.39 is 0 Å². The fourth-order valence-corrected chi connectivity index (χ4v) is 4.30. The average molecular weight is 478 g/mol. The lowest BCUT2D eigenvalue weighted by molar-refractivity contribution is -0.127. The number of likely N-dealkylation sites (N-methyl/N-ethyl adjacent to an activating group) is 1. The SMILES string of the molecule is CN(C)C(=O)CN=C(NCC1CCCCO1)N1CC2CCCCC2C1.I. The van der Waals surface area contributed by atoms with Crippen LogP contribution < -0.4 is 5.32 Å². The maximum Gasteiger partial charge on any atom is 0.243 e. The van der Waals surface area contributed by atoms with Crippen molar-refractivity contribution in [2.75, 3.05) is 46.9 Å². The van der Waals surface area contributed by atoms with Crippen LogP contribution in [0.15, 0.2) is 4.99 Å². The minimum absolute atomic E-state index is 0. The Morgan fingerprint density at radius 3 is 2.35 bits per heavy atom. The molecule has 150 valence electrons. The van der Waals surface area contributed by atoms with Gasteiger partial charge in [0, 0.05) is 40.3 Å². The van der Waals surface area contributed by atoms with E-state index >= 15 is 0 Å². The highest BCUT2D eigenvalue weighted by Gasteiger charge is 2.35. The number of hydrogen-bond acceptors (Lipinski definition) is 3. The van der Waals surface area contributed by atoms with Gasteiger partial charge in [-0.05, 0) is 43.9 Å². The van der Waals surface area contributed by atoms with Crippen molar-refractivity contribution in [1.29, 1.82) is 0 Å². The Kier molecular flexibility index (Phi) is 8.93. The normalized spacial score (nSPS) is 28.9. The predicted molar refractivity (Wildman–Crippen MR) is 115 cm³/mol. The number of fused-ring (bicyclic) bond motifs is 1. The van der Waals surface area contributed by atoms with Crippen molar-refractivity contribution in [3.63, 3.8) is 0 Å². The quantitative estimate of drug-likeness (QED) is 0.383. The molecule has 1 N–H and O–H groups in total. The second-order valence-electron chi connectivity index (χ2n) is 8.01. The maximum atomic E-state index is 12.0. The second-order valence-corrected chi connectivity index (χ2v) is 8.01. The summed E-state index contributed by atoms with van der Waals surface area (Å²) >= 11 is 0. The zero-order valence-electron chi connectivity index (χ0n) is 16.3. The number of nitrogens with zero attached hydrogens (tertiary/aromatic N) is 3. The molecule has 1 amide bonds. The third-order valence-corrected chi connectivity index (χ3v) is 5.90. The highest BCUT2D eigenvalue weighted by molar-refractivity contribution is 14.0. The minimum Gasteiger partial charge on any atom is -0.376 e. The van der Waals surface area contributed by atoms with Gasteiger partial charge < -0.3 is 19.9 Å². The molecule has 6 nitrogen and oxygen atoms in total. The van der Waals surface area contributed by atoms with Crippen LogP contribution in [-0.4, -0.2) is 74.7 Å². The lowest BCUT2D eigenvalue weighted by atomic mass is 9.82. The van der Waals surface area contributed by atoms with Gasteiger partial charge in [0.15, 0.2) is 5.96 Å². The van der Waals surface area contributed by atoms with Gasteiger partial charge in [-0.25, -0.2) is 4.99 Å². The highest BCUT2D eigenvalue weighted by atomic mass is 127. The third-order valence-electron chi connectivity index (χ3n) is 5.90. The number of ether oxygens (including phenoxy) is 1. The van der Waals surface area contributed by atoms with E-state index in [-0.39, 0.29) is 42.5 Å². The summed E-state index contributed by atoms with van der Waals surface area (Å²) in [5.74, 6) is 2.55. The van der Waals surface area contributed by atoms with Gasteiger partial charge in [0.25, 0.3) is 0 Å². The molecule has 2 heterocycles. The first kappa shape index (κ1) is 21.7. The van der Waals surface area contributed by atoms with Gasteiger partial charge in [0.1, 0.15) is 6.54 Å². The van der Waals surface area contributed by atoms with Crippen LogP contribution in [0.3, 0.4) is 0 Å². The molecule has 3 unspecified atom stereocenters. The van der Waals surface area contributed by atoms with Crippen LogP contribution in [0.4, 0.5) is 0 Å². The summed E-state index contributed by atoms with van der Waals surface area (Å²) in [5.41, 5.74) is 0. The molecule has 3 aliphatic rings. The summed E-state index contributed by atoms with van der Waals surface area (Å²) in [7, 11) is 3.57. The first-order valence-corrected chi connectivity index (χ1v) is 9.98. The summed E-state index contributed by atoms with van der Waals surface area (Å²) in [6.45, 7) is 4.04. The Bertz CT molecular complexity index is 466. The van der Waals surface area contributed by atoms with E-state index in [0.29, 0.717) is 0 Å². The standard InChI is InChI=1S/C19H34N4O2.HI/c1-22(2)18(24)12-21-19(20-11-17-9-5-6-10-25-17)23-13-15-7-3-4-8-16(15)14-23;/h15-17H,3-14H2,1-2H3,(H,20,21);1H. The third kappa shape index (κ3) is 5.97. The zero-order valence-corrected chi connectivity index (χ0v) is 18.6. The average Bonchev–Trinajstić information content (AvgIpc) is 3.06. The molecule has 0 radical (unpaired) electrons. The molecule has 2 aliphatic heterocycles. The monoisotopic (exact) mass is 478 g/mol. The molecule has 1 saturated carbocycles. The van der Waals surface area contributed by atoms with Gasteiger partial charge in [-0.3, -0.25) is 4.79 Å². The van der Waals surface area contributed by atoms with E-state index in [9.17, 15) is 4.79 Å². The van der Waals surface area contributed by atoms with Crippen molar-refractivity contribution in [3.8, 4) is 0 Å². The van der Waals surface area contributed by atoms with E-state index in [1.54, 1.807) is 19.0 Å². The van der Waals surface area contributed by atoms with Crippen LogP contribution >= 0.6 is 24.0 Å². The fourth-order valence-electron chi connectivity index (χ4n) is 4.30. The minimum atomic E-state index is 0. The van der Waals surface area contributed by atoms with Crippen molar-refractivity contribution < 1.29 is 9.53 Å². The summed E-state index contributed by atoms with van der Waals surface area (Å²) < 4.78 is 5.84. The molecule has 3 fully saturated rings. The van der Waals surface area contributed by atoms with Crippen molar-refractivity contribution in [2.24, 2.45) is 16.8 Å². The van der Waals surface area contributed by atoms with Gasteiger partial charge in [-0.2, -0.15) is 0 Å². The van der Waals surface area contributed by atoms with Crippen LogP contribution in [0.25, 0.3) is 0 Å². The number of likely N-dealkylation sites (tertiary alicyclic amines) is 1. The van der Waals surface area contributed by atoms with Crippen LogP contribution in [0, 0.1) is 11.8 Å². The molecule has 1 aliphatic carbocycles. The summed E-state index contributed by atoms with van der Waals surface area (Å²) in [6, 6.07) is 0. The molecule has 0 aromatic rings. The number of guanidine groups is 1. The van der Waals surface area contributed by atoms with E-state index in [1.165, 1.54) is 38.5 Å². The van der Waals surface area contributed by atoms with Crippen LogP contribution in [-0.2, 0) is 9.53 Å². The highest BCUT2D eigenvalue weighted by Crippen LogP contribution is 2.35. The summed E-state index contributed by atoms with van der Waals surface area (Å²) in [4.78, 5) is 20.6. The number of nitrogens with one attached hydrogen (secondary N) is 1. The number of hydrogen-bond donors (Lipinski definition) is 1.